The highest BCUT2D eigenvalue weighted by Gasteiger charge is 2.27. The fourth-order valence-electron chi connectivity index (χ4n) is 2.87. The van der Waals surface area contributed by atoms with Crippen LogP contribution in [0.25, 0.3) is 0 Å². The molecule has 2 heterocycles. The normalized spacial score (nSPS) is 26.7. The Bertz CT molecular complexity index is 535. The number of nitrogens with zero attached hydrogens (tertiary/aromatic N) is 2. The summed E-state index contributed by atoms with van der Waals surface area (Å²) in [5, 5.41) is 12.0. The third kappa shape index (κ3) is 3.64. The lowest BCUT2D eigenvalue weighted by atomic mass is 10.0. The van der Waals surface area contributed by atoms with Crippen LogP contribution >= 0.6 is 0 Å². The minimum absolute atomic E-state index is 0.0168. The highest BCUT2D eigenvalue weighted by molar-refractivity contribution is 6.00. The summed E-state index contributed by atoms with van der Waals surface area (Å²) in [5.74, 6) is 0.629. The standard InChI is InChI=1S/C15H23N3O3/c1-8-5-13(14(11(4)17-8)15(16)18-19)21-12-6-9(2)20-10(3)7-12/h5,9-10,12,19H,6-7H2,1-4H3,(H2,16,18). The van der Waals surface area contributed by atoms with E-state index in [2.05, 4.69) is 10.1 Å². The first-order valence-corrected chi connectivity index (χ1v) is 7.19. The van der Waals surface area contributed by atoms with Gasteiger partial charge in [0.25, 0.3) is 0 Å². The second kappa shape index (κ2) is 6.30. The number of ether oxygens (including phenoxy) is 2. The lowest BCUT2D eigenvalue weighted by Crippen LogP contribution is -2.36. The molecular formula is C15H23N3O3. The van der Waals surface area contributed by atoms with Crippen LogP contribution in [-0.2, 0) is 4.74 Å². The van der Waals surface area contributed by atoms with Gasteiger partial charge >= 0.3 is 0 Å². The van der Waals surface area contributed by atoms with E-state index in [-0.39, 0.29) is 24.1 Å². The van der Waals surface area contributed by atoms with Gasteiger partial charge in [-0.25, -0.2) is 0 Å². The van der Waals surface area contributed by atoms with Crippen LogP contribution in [0.5, 0.6) is 5.75 Å². The highest BCUT2D eigenvalue weighted by atomic mass is 16.5. The maximum atomic E-state index is 8.96. The number of hydrogen-bond acceptors (Lipinski definition) is 5. The fourth-order valence-corrected chi connectivity index (χ4v) is 2.87. The lowest BCUT2D eigenvalue weighted by molar-refractivity contribution is -0.0722. The van der Waals surface area contributed by atoms with Crippen molar-refractivity contribution >= 4 is 5.84 Å². The zero-order valence-corrected chi connectivity index (χ0v) is 13.0. The molecule has 0 radical (unpaired) electrons. The van der Waals surface area contributed by atoms with Gasteiger partial charge in [-0.15, -0.1) is 0 Å². The first kappa shape index (κ1) is 15.6. The summed E-state index contributed by atoms with van der Waals surface area (Å²) in [5.41, 5.74) is 7.84. The summed E-state index contributed by atoms with van der Waals surface area (Å²) >= 11 is 0. The Kier molecular flexibility index (Phi) is 4.67. The number of nitrogens with two attached hydrogens (primary N) is 1. The molecule has 0 aromatic carbocycles. The Morgan fingerprint density at radius 3 is 2.57 bits per heavy atom. The zero-order valence-electron chi connectivity index (χ0n) is 13.0. The Morgan fingerprint density at radius 2 is 2.00 bits per heavy atom. The summed E-state index contributed by atoms with van der Waals surface area (Å²) in [6.07, 6.45) is 2.01. The molecule has 6 heteroatoms. The van der Waals surface area contributed by atoms with E-state index in [1.54, 1.807) is 0 Å². The van der Waals surface area contributed by atoms with Crippen molar-refractivity contribution in [3.8, 4) is 5.75 Å². The van der Waals surface area contributed by atoms with Crippen LogP contribution in [0.2, 0.25) is 0 Å². The summed E-state index contributed by atoms with van der Waals surface area (Å²) in [4.78, 5) is 4.35. The average molecular weight is 293 g/mol. The van der Waals surface area contributed by atoms with Crippen LogP contribution in [0, 0.1) is 13.8 Å². The minimum Gasteiger partial charge on any atom is -0.489 e. The van der Waals surface area contributed by atoms with Crippen molar-refractivity contribution in [1.29, 1.82) is 0 Å². The molecule has 1 aliphatic heterocycles. The van der Waals surface area contributed by atoms with Crippen molar-refractivity contribution in [2.45, 2.75) is 58.8 Å². The van der Waals surface area contributed by atoms with E-state index in [0.717, 1.165) is 18.5 Å². The molecule has 0 saturated carbocycles. The van der Waals surface area contributed by atoms with E-state index < -0.39 is 0 Å². The molecule has 2 rings (SSSR count). The fraction of sp³-hybridized carbons (Fsp3) is 0.600. The summed E-state index contributed by atoms with van der Waals surface area (Å²) in [6.45, 7) is 7.80. The second-order valence-corrected chi connectivity index (χ2v) is 5.68. The van der Waals surface area contributed by atoms with Crippen LogP contribution in [0.4, 0.5) is 0 Å². The van der Waals surface area contributed by atoms with E-state index in [9.17, 15) is 0 Å². The van der Waals surface area contributed by atoms with Crippen molar-refractivity contribution in [3.05, 3.63) is 23.0 Å². The van der Waals surface area contributed by atoms with E-state index in [1.165, 1.54) is 0 Å². The molecule has 1 aromatic rings. The topological polar surface area (TPSA) is 90.0 Å². The van der Waals surface area contributed by atoms with Gasteiger partial charge < -0.3 is 20.4 Å². The quantitative estimate of drug-likeness (QED) is 0.385. The molecule has 6 nitrogen and oxygen atoms in total. The number of aromatic nitrogens is 1. The summed E-state index contributed by atoms with van der Waals surface area (Å²) in [6, 6.07) is 1.82. The van der Waals surface area contributed by atoms with Gasteiger partial charge in [0, 0.05) is 24.6 Å². The Hall–Kier alpha value is -1.82. The van der Waals surface area contributed by atoms with Crippen molar-refractivity contribution in [2.24, 2.45) is 10.9 Å². The highest BCUT2D eigenvalue weighted by Crippen LogP contribution is 2.28. The molecule has 2 unspecified atom stereocenters. The third-order valence-electron chi connectivity index (χ3n) is 3.60. The molecule has 0 spiro atoms. The van der Waals surface area contributed by atoms with Gasteiger partial charge in [0.15, 0.2) is 5.84 Å². The van der Waals surface area contributed by atoms with Gasteiger partial charge in [0.1, 0.15) is 11.9 Å². The molecule has 0 amide bonds. The van der Waals surface area contributed by atoms with Crippen LogP contribution in [0.1, 0.15) is 43.6 Å². The molecule has 21 heavy (non-hydrogen) atoms. The molecule has 2 atom stereocenters. The predicted molar refractivity (Wildman–Crippen MR) is 79.9 cm³/mol. The molecule has 1 aromatic heterocycles. The number of amidine groups is 1. The van der Waals surface area contributed by atoms with E-state index in [1.807, 2.05) is 33.8 Å². The third-order valence-corrected chi connectivity index (χ3v) is 3.60. The van der Waals surface area contributed by atoms with Crippen molar-refractivity contribution in [2.75, 3.05) is 0 Å². The molecule has 0 bridgehead atoms. The molecule has 3 N–H and O–H groups in total. The van der Waals surface area contributed by atoms with Gasteiger partial charge in [-0.1, -0.05) is 5.16 Å². The second-order valence-electron chi connectivity index (χ2n) is 5.68. The van der Waals surface area contributed by atoms with Crippen LogP contribution < -0.4 is 10.5 Å². The molecule has 1 fully saturated rings. The molecule has 1 aliphatic rings. The van der Waals surface area contributed by atoms with Gasteiger partial charge in [0.05, 0.1) is 23.5 Å². The summed E-state index contributed by atoms with van der Waals surface area (Å²) in [7, 11) is 0. The van der Waals surface area contributed by atoms with Crippen LogP contribution in [-0.4, -0.2) is 34.3 Å². The van der Waals surface area contributed by atoms with Gasteiger partial charge in [-0.2, -0.15) is 0 Å². The maximum absolute atomic E-state index is 8.96. The van der Waals surface area contributed by atoms with Crippen molar-refractivity contribution in [1.82, 2.24) is 4.98 Å². The monoisotopic (exact) mass is 293 g/mol. The minimum atomic E-state index is 0.0168. The van der Waals surface area contributed by atoms with Crippen LogP contribution in [0.3, 0.4) is 0 Å². The zero-order chi connectivity index (χ0) is 15.6. The smallest absolute Gasteiger partial charge is 0.175 e. The van der Waals surface area contributed by atoms with E-state index in [4.69, 9.17) is 20.4 Å². The maximum Gasteiger partial charge on any atom is 0.175 e. The van der Waals surface area contributed by atoms with Gasteiger partial charge in [0.2, 0.25) is 0 Å². The Labute approximate surface area is 125 Å². The average Bonchev–Trinajstić information content (AvgIpc) is 2.36. The molecular weight excluding hydrogens is 270 g/mol. The summed E-state index contributed by atoms with van der Waals surface area (Å²) < 4.78 is 11.8. The van der Waals surface area contributed by atoms with E-state index in [0.29, 0.717) is 17.0 Å². The van der Waals surface area contributed by atoms with Crippen molar-refractivity contribution in [3.63, 3.8) is 0 Å². The number of rotatable bonds is 3. The molecule has 116 valence electrons. The Balaban J connectivity index is 2.30. The van der Waals surface area contributed by atoms with E-state index >= 15 is 0 Å². The molecule has 1 saturated heterocycles. The lowest BCUT2D eigenvalue weighted by Gasteiger charge is -2.32. The Morgan fingerprint density at radius 1 is 1.38 bits per heavy atom. The van der Waals surface area contributed by atoms with Gasteiger partial charge in [-0.3, -0.25) is 4.98 Å². The number of hydrogen-bond donors (Lipinski definition) is 2. The van der Waals surface area contributed by atoms with Crippen LogP contribution in [0.15, 0.2) is 11.2 Å². The predicted octanol–water partition coefficient (Wildman–Crippen LogP) is 2.13. The number of pyridine rings is 1. The first-order chi connectivity index (χ1) is 9.90. The van der Waals surface area contributed by atoms with Crippen molar-refractivity contribution < 1.29 is 14.7 Å². The number of oxime groups is 1. The number of aryl methyl sites for hydroxylation is 2. The first-order valence-electron chi connectivity index (χ1n) is 7.19. The largest absolute Gasteiger partial charge is 0.489 e. The molecule has 0 aliphatic carbocycles. The van der Waals surface area contributed by atoms with Gasteiger partial charge in [-0.05, 0) is 27.7 Å². The SMILES string of the molecule is Cc1cc(OC2CC(C)OC(C)C2)c(/C(N)=N/O)c(C)n1.